The fourth-order valence-corrected chi connectivity index (χ4v) is 1.64. The van der Waals surface area contributed by atoms with Crippen LogP contribution in [0.4, 0.5) is 9.59 Å². The zero-order chi connectivity index (χ0) is 15.6. The number of carboxylic acid groups (broad SMARTS) is 1. The lowest BCUT2D eigenvalue weighted by molar-refractivity contribution is 0.0520. The molecule has 0 saturated heterocycles. The minimum absolute atomic E-state index is 0.259. The molecule has 6 heteroatoms. The number of carbonyl (C=O) groups is 2. The van der Waals surface area contributed by atoms with Crippen LogP contribution >= 0.6 is 0 Å². The van der Waals surface area contributed by atoms with E-state index in [0.717, 1.165) is 25.7 Å². The van der Waals surface area contributed by atoms with Crippen molar-refractivity contribution in [2.24, 2.45) is 0 Å². The molecular weight excluding hydrogens is 260 g/mol. The van der Waals surface area contributed by atoms with Crippen LogP contribution in [-0.2, 0) is 4.74 Å². The molecule has 2 N–H and O–H groups in total. The van der Waals surface area contributed by atoms with Crippen LogP contribution in [0.2, 0.25) is 0 Å². The largest absolute Gasteiger partial charge is 0.465 e. The molecular formula is C14H28N2O4. The van der Waals surface area contributed by atoms with Crippen molar-refractivity contribution in [2.75, 3.05) is 19.6 Å². The van der Waals surface area contributed by atoms with Gasteiger partial charge in [0.1, 0.15) is 5.60 Å². The van der Waals surface area contributed by atoms with E-state index in [0.29, 0.717) is 6.54 Å². The van der Waals surface area contributed by atoms with Gasteiger partial charge in [0.15, 0.2) is 0 Å². The summed E-state index contributed by atoms with van der Waals surface area (Å²) in [5.41, 5.74) is -0.545. The Morgan fingerprint density at radius 2 is 1.80 bits per heavy atom. The highest BCUT2D eigenvalue weighted by molar-refractivity contribution is 5.68. The Hall–Kier alpha value is -1.46. The molecule has 0 radical (unpaired) electrons. The number of nitrogens with zero attached hydrogens (tertiary/aromatic N) is 1. The minimum atomic E-state index is -0.951. The van der Waals surface area contributed by atoms with Crippen LogP contribution in [-0.4, -0.2) is 47.4 Å². The number of carbonyl (C=O) groups excluding carboxylic acids is 1. The molecule has 0 atom stereocenters. The summed E-state index contributed by atoms with van der Waals surface area (Å²) in [7, 11) is 0. The molecule has 2 amide bonds. The van der Waals surface area contributed by atoms with Crippen LogP contribution in [0.3, 0.4) is 0 Å². The highest BCUT2D eigenvalue weighted by Gasteiger charge is 2.16. The fraction of sp³-hybridized carbons (Fsp3) is 0.857. The molecule has 0 rings (SSSR count). The third-order valence-electron chi connectivity index (χ3n) is 2.60. The standard InChI is InChI=1S/C14H28N2O4/c1-5-6-7-8-10-16(13(18)19)11-9-15-12(17)20-14(2,3)4/h5-11H2,1-4H3,(H,15,17)(H,18,19). The van der Waals surface area contributed by atoms with E-state index < -0.39 is 17.8 Å². The van der Waals surface area contributed by atoms with Crippen LogP contribution in [0.25, 0.3) is 0 Å². The molecule has 20 heavy (non-hydrogen) atoms. The maximum absolute atomic E-state index is 11.4. The predicted octanol–water partition coefficient (Wildman–Crippen LogP) is 3.07. The maximum Gasteiger partial charge on any atom is 0.407 e. The van der Waals surface area contributed by atoms with E-state index in [9.17, 15) is 9.59 Å². The summed E-state index contributed by atoms with van der Waals surface area (Å²) >= 11 is 0. The summed E-state index contributed by atoms with van der Waals surface area (Å²) in [6.07, 6.45) is 2.64. The number of hydrogen-bond donors (Lipinski definition) is 2. The Morgan fingerprint density at radius 3 is 2.30 bits per heavy atom. The summed E-state index contributed by atoms with van der Waals surface area (Å²) < 4.78 is 5.08. The van der Waals surface area contributed by atoms with Crippen LogP contribution in [0.1, 0.15) is 53.4 Å². The lowest BCUT2D eigenvalue weighted by Crippen LogP contribution is -2.40. The molecule has 6 nitrogen and oxygen atoms in total. The monoisotopic (exact) mass is 288 g/mol. The van der Waals surface area contributed by atoms with Gasteiger partial charge in [-0.1, -0.05) is 26.2 Å². The van der Waals surface area contributed by atoms with Gasteiger partial charge in [-0.2, -0.15) is 0 Å². The summed E-state index contributed by atoms with van der Waals surface area (Å²) in [4.78, 5) is 23.8. The molecule has 0 aromatic rings. The van der Waals surface area contributed by atoms with Gasteiger partial charge in [-0.15, -0.1) is 0 Å². The quantitative estimate of drug-likeness (QED) is 0.673. The van der Waals surface area contributed by atoms with Crippen molar-refractivity contribution in [1.82, 2.24) is 10.2 Å². The van der Waals surface area contributed by atoms with E-state index in [2.05, 4.69) is 12.2 Å². The third-order valence-corrected chi connectivity index (χ3v) is 2.60. The predicted molar refractivity (Wildman–Crippen MR) is 78.0 cm³/mol. The van der Waals surface area contributed by atoms with Gasteiger partial charge in [0.05, 0.1) is 0 Å². The van der Waals surface area contributed by atoms with Crippen LogP contribution < -0.4 is 5.32 Å². The molecule has 0 spiro atoms. The molecule has 0 fully saturated rings. The summed E-state index contributed by atoms with van der Waals surface area (Å²) in [5, 5.41) is 11.6. The molecule has 0 heterocycles. The second-order valence-electron chi connectivity index (χ2n) is 5.76. The SMILES string of the molecule is CCCCCCN(CCNC(=O)OC(C)(C)C)C(=O)O. The first-order valence-electron chi connectivity index (χ1n) is 7.21. The number of amides is 2. The molecule has 0 aliphatic carbocycles. The second-order valence-corrected chi connectivity index (χ2v) is 5.76. The first kappa shape index (κ1) is 18.5. The van der Waals surface area contributed by atoms with E-state index in [1.54, 1.807) is 20.8 Å². The van der Waals surface area contributed by atoms with E-state index in [1.165, 1.54) is 4.90 Å². The van der Waals surface area contributed by atoms with E-state index >= 15 is 0 Å². The first-order valence-corrected chi connectivity index (χ1v) is 7.21. The van der Waals surface area contributed by atoms with Gasteiger partial charge < -0.3 is 20.1 Å². The number of hydrogen-bond acceptors (Lipinski definition) is 3. The number of ether oxygens (including phenoxy) is 1. The van der Waals surface area contributed by atoms with Gasteiger partial charge >= 0.3 is 12.2 Å². The Kier molecular flexibility index (Phi) is 8.76. The number of alkyl carbamates (subject to hydrolysis) is 1. The summed E-state index contributed by atoms with van der Waals surface area (Å²) in [6, 6.07) is 0. The van der Waals surface area contributed by atoms with Crippen molar-refractivity contribution in [3.8, 4) is 0 Å². The molecule has 0 unspecified atom stereocenters. The topological polar surface area (TPSA) is 78.9 Å². The van der Waals surface area contributed by atoms with Gasteiger partial charge in [0, 0.05) is 19.6 Å². The number of nitrogens with one attached hydrogen (secondary N) is 1. The highest BCUT2D eigenvalue weighted by atomic mass is 16.6. The zero-order valence-electron chi connectivity index (χ0n) is 13.1. The smallest absolute Gasteiger partial charge is 0.407 e. The van der Waals surface area contributed by atoms with E-state index in [4.69, 9.17) is 9.84 Å². The molecule has 0 aromatic carbocycles. The summed E-state index contributed by atoms with van der Waals surface area (Å²) in [6.45, 7) is 8.50. The Labute approximate surface area is 121 Å². The Morgan fingerprint density at radius 1 is 1.15 bits per heavy atom. The first-order chi connectivity index (χ1) is 9.26. The van der Waals surface area contributed by atoms with E-state index in [-0.39, 0.29) is 13.1 Å². The average molecular weight is 288 g/mol. The van der Waals surface area contributed by atoms with E-state index in [1.807, 2.05) is 0 Å². The van der Waals surface area contributed by atoms with Crippen LogP contribution in [0.5, 0.6) is 0 Å². The average Bonchev–Trinajstić information content (AvgIpc) is 2.29. The lowest BCUT2D eigenvalue weighted by atomic mass is 10.2. The van der Waals surface area contributed by atoms with Gasteiger partial charge in [-0.3, -0.25) is 0 Å². The van der Waals surface area contributed by atoms with Crippen molar-refractivity contribution < 1.29 is 19.4 Å². The minimum Gasteiger partial charge on any atom is -0.465 e. The van der Waals surface area contributed by atoms with Gasteiger partial charge in [0.2, 0.25) is 0 Å². The summed E-state index contributed by atoms with van der Waals surface area (Å²) in [5.74, 6) is 0. The van der Waals surface area contributed by atoms with Gasteiger partial charge in [-0.25, -0.2) is 9.59 Å². The molecule has 0 bridgehead atoms. The fourth-order valence-electron chi connectivity index (χ4n) is 1.64. The van der Waals surface area contributed by atoms with Gasteiger partial charge in [0.25, 0.3) is 0 Å². The van der Waals surface area contributed by atoms with Gasteiger partial charge in [-0.05, 0) is 27.2 Å². The Bertz CT molecular complexity index is 300. The lowest BCUT2D eigenvalue weighted by Gasteiger charge is -2.22. The molecule has 0 aliphatic heterocycles. The van der Waals surface area contributed by atoms with Crippen molar-refractivity contribution in [3.05, 3.63) is 0 Å². The number of rotatable bonds is 8. The van der Waals surface area contributed by atoms with Crippen LogP contribution in [0, 0.1) is 0 Å². The van der Waals surface area contributed by atoms with Crippen molar-refractivity contribution in [1.29, 1.82) is 0 Å². The second kappa shape index (κ2) is 9.44. The maximum atomic E-state index is 11.4. The van der Waals surface area contributed by atoms with Crippen molar-refractivity contribution >= 4 is 12.2 Å². The molecule has 0 saturated carbocycles. The van der Waals surface area contributed by atoms with Crippen molar-refractivity contribution in [2.45, 2.75) is 59.0 Å². The highest BCUT2D eigenvalue weighted by Crippen LogP contribution is 2.06. The molecule has 118 valence electrons. The van der Waals surface area contributed by atoms with Crippen LogP contribution in [0.15, 0.2) is 0 Å². The zero-order valence-corrected chi connectivity index (χ0v) is 13.1. The normalized spacial score (nSPS) is 11.0. The van der Waals surface area contributed by atoms with Crippen molar-refractivity contribution in [3.63, 3.8) is 0 Å². The third kappa shape index (κ3) is 10.5. The number of unbranched alkanes of at least 4 members (excludes halogenated alkanes) is 3. The molecule has 0 aromatic heterocycles. The molecule has 0 aliphatic rings. The Balaban J connectivity index is 3.91.